The smallest absolute Gasteiger partial charge is 0.257 e. The molecule has 1 aromatic carbocycles. The zero-order valence-corrected chi connectivity index (χ0v) is 9.44. The van der Waals surface area contributed by atoms with Crippen molar-refractivity contribution < 1.29 is 9.90 Å². The minimum Gasteiger partial charge on any atom is -0.507 e. The van der Waals surface area contributed by atoms with Crippen LogP contribution in [0.15, 0.2) is 18.2 Å². The number of phenols is 1. The summed E-state index contributed by atoms with van der Waals surface area (Å²) in [4.78, 5) is 13.6. The van der Waals surface area contributed by atoms with Crippen LogP contribution in [0.5, 0.6) is 5.75 Å². The highest BCUT2D eigenvalue weighted by molar-refractivity contribution is 6.30. The van der Waals surface area contributed by atoms with Crippen molar-refractivity contribution in [1.82, 2.24) is 4.90 Å². The molecule has 1 aliphatic rings. The first-order valence-corrected chi connectivity index (χ1v) is 5.49. The first-order chi connectivity index (χ1) is 7.58. The van der Waals surface area contributed by atoms with E-state index in [9.17, 15) is 9.90 Å². The maximum Gasteiger partial charge on any atom is 0.257 e. The fourth-order valence-corrected chi connectivity index (χ4v) is 1.99. The molecule has 0 saturated carbocycles. The first-order valence-electron chi connectivity index (χ1n) is 5.11. The molecule has 2 rings (SSSR count). The average molecular weight is 241 g/mol. The predicted molar refractivity (Wildman–Crippen MR) is 61.6 cm³/mol. The van der Waals surface area contributed by atoms with E-state index >= 15 is 0 Å². The second-order valence-electron chi connectivity index (χ2n) is 3.96. The molecule has 5 heteroatoms. The number of aromatic hydroxyl groups is 1. The number of hydrogen-bond donors (Lipinski definition) is 2. The quantitative estimate of drug-likeness (QED) is 0.776. The number of benzene rings is 1. The molecule has 0 radical (unpaired) electrons. The number of nitrogens with zero attached hydrogens (tertiary/aromatic N) is 1. The van der Waals surface area contributed by atoms with Gasteiger partial charge in [0.15, 0.2) is 0 Å². The van der Waals surface area contributed by atoms with E-state index in [0.29, 0.717) is 18.1 Å². The van der Waals surface area contributed by atoms with Crippen molar-refractivity contribution in [3.8, 4) is 5.75 Å². The molecule has 0 aliphatic carbocycles. The van der Waals surface area contributed by atoms with Gasteiger partial charge in [0.25, 0.3) is 5.91 Å². The summed E-state index contributed by atoms with van der Waals surface area (Å²) in [6.07, 6.45) is 0.806. The van der Waals surface area contributed by atoms with E-state index in [2.05, 4.69) is 0 Å². The Morgan fingerprint density at radius 2 is 2.31 bits per heavy atom. The third kappa shape index (κ3) is 2.13. The Balaban J connectivity index is 2.21. The van der Waals surface area contributed by atoms with Crippen LogP contribution in [0.2, 0.25) is 5.02 Å². The van der Waals surface area contributed by atoms with Crippen molar-refractivity contribution in [3.05, 3.63) is 28.8 Å². The summed E-state index contributed by atoms with van der Waals surface area (Å²) in [6.45, 7) is 1.18. The van der Waals surface area contributed by atoms with E-state index in [0.717, 1.165) is 6.42 Å². The Bertz CT molecular complexity index is 422. The predicted octanol–water partition coefficient (Wildman–Crippen LogP) is 1.22. The van der Waals surface area contributed by atoms with E-state index in [1.54, 1.807) is 11.0 Å². The summed E-state index contributed by atoms with van der Waals surface area (Å²) < 4.78 is 0. The van der Waals surface area contributed by atoms with Gasteiger partial charge in [-0.15, -0.1) is 0 Å². The van der Waals surface area contributed by atoms with Crippen LogP contribution in [0.3, 0.4) is 0 Å². The number of nitrogens with two attached hydrogens (primary N) is 1. The second kappa shape index (κ2) is 4.31. The van der Waals surface area contributed by atoms with Crippen molar-refractivity contribution in [2.75, 3.05) is 13.1 Å². The van der Waals surface area contributed by atoms with Crippen LogP contribution in [0.1, 0.15) is 16.8 Å². The largest absolute Gasteiger partial charge is 0.507 e. The molecule has 16 heavy (non-hydrogen) atoms. The lowest BCUT2D eigenvalue weighted by atomic mass is 10.2. The fourth-order valence-electron chi connectivity index (χ4n) is 1.83. The Hall–Kier alpha value is -1.26. The monoisotopic (exact) mass is 240 g/mol. The molecule has 1 fully saturated rings. The molecule has 3 N–H and O–H groups in total. The molecule has 1 atom stereocenters. The molecule has 0 bridgehead atoms. The zero-order valence-electron chi connectivity index (χ0n) is 8.69. The van der Waals surface area contributed by atoms with Crippen LogP contribution in [0, 0.1) is 0 Å². The lowest BCUT2D eigenvalue weighted by Crippen LogP contribution is -2.31. The van der Waals surface area contributed by atoms with Crippen molar-refractivity contribution in [1.29, 1.82) is 0 Å². The summed E-state index contributed by atoms with van der Waals surface area (Å²) in [5.41, 5.74) is 6.00. The lowest BCUT2D eigenvalue weighted by Gasteiger charge is -2.16. The van der Waals surface area contributed by atoms with E-state index in [1.165, 1.54) is 12.1 Å². The molecular formula is C11H13ClN2O2. The zero-order chi connectivity index (χ0) is 11.7. The van der Waals surface area contributed by atoms with Gasteiger partial charge < -0.3 is 15.7 Å². The van der Waals surface area contributed by atoms with Gasteiger partial charge in [-0.3, -0.25) is 4.79 Å². The van der Waals surface area contributed by atoms with Gasteiger partial charge in [-0.1, -0.05) is 11.6 Å². The van der Waals surface area contributed by atoms with Crippen LogP contribution >= 0.6 is 11.6 Å². The SMILES string of the molecule is N[C@@H]1CCN(C(=O)c2ccc(Cl)cc2O)C1. The van der Waals surface area contributed by atoms with E-state index in [1.807, 2.05) is 0 Å². The molecule has 1 aliphatic heterocycles. The summed E-state index contributed by atoms with van der Waals surface area (Å²) in [6, 6.07) is 4.53. The molecule has 0 unspecified atom stereocenters. The van der Waals surface area contributed by atoms with Gasteiger partial charge in [-0.25, -0.2) is 0 Å². The summed E-state index contributed by atoms with van der Waals surface area (Å²) in [5, 5.41) is 10.0. The van der Waals surface area contributed by atoms with Gasteiger partial charge in [-0.05, 0) is 24.6 Å². The van der Waals surface area contributed by atoms with Gasteiger partial charge in [0.05, 0.1) is 5.56 Å². The number of amides is 1. The topological polar surface area (TPSA) is 66.6 Å². The van der Waals surface area contributed by atoms with Gasteiger partial charge in [0.2, 0.25) is 0 Å². The number of halogens is 1. The van der Waals surface area contributed by atoms with Crippen molar-refractivity contribution >= 4 is 17.5 Å². The third-order valence-electron chi connectivity index (χ3n) is 2.70. The Kier molecular flexibility index (Phi) is 3.03. The Labute approximate surface area is 98.6 Å². The van der Waals surface area contributed by atoms with Crippen molar-refractivity contribution in [2.45, 2.75) is 12.5 Å². The number of hydrogen-bond acceptors (Lipinski definition) is 3. The van der Waals surface area contributed by atoms with Crippen LogP contribution in [-0.2, 0) is 0 Å². The molecule has 1 saturated heterocycles. The van der Waals surface area contributed by atoms with Crippen LogP contribution in [0.25, 0.3) is 0 Å². The summed E-state index contributed by atoms with van der Waals surface area (Å²) >= 11 is 5.70. The van der Waals surface area contributed by atoms with Gasteiger partial charge >= 0.3 is 0 Å². The van der Waals surface area contributed by atoms with Crippen molar-refractivity contribution in [2.24, 2.45) is 5.73 Å². The van der Waals surface area contributed by atoms with Crippen LogP contribution in [0.4, 0.5) is 0 Å². The van der Waals surface area contributed by atoms with E-state index in [4.69, 9.17) is 17.3 Å². The average Bonchev–Trinajstić information content (AvgIpc) is 2.64. The van der Waals surface area contributed by atoms with Crippen molar-refractivity contribution in [3.63, 3.8) is 0 Å². The Morgan fingerprint density at radius 1 is 1.56 bits per heavy atom. The molecule has 86 valence electrons. The second-order valence-corrected chi connectivity index (χ2v) is 4.40. The van der Waals surface area contributed by atoms with Crippen LogP contribution < -0.4 is 5.73 Å². The highest BCUT2D eigenvalue weighted by atomic mass is 35.5. The molecular weight excluding hydrogens is 228 g/mol. The molecule has 4 nitrogen and oxygen atoms in total. The van der Waals surface area contributed by atoms with E-state index in [-0.39, 0.29) is 23.3 Å². The molecule has 0 spiro atoms. The van der Waals surface area contributed by atoms with Gasteiger partial charge in [0.1, 0.15) is 5.75 Å². The normalized spacial score (nSPS) is 20.1. The molecule has 1 heterocycles. The maximum absolute atomic E-state index is 12.0. The highest BCUT2D eigenvalue weighted by Crippen LogP contribution is 2.24. The standard InChI is InChI=1S/C11H13ClN2O2/c12-7-1-2-9(10(15)5-7)11(16)14-4-3-8(13)6-14/h1-2,5,8,15H,3-4,6,13H2/t8-/m1/s1. The number of phenolic OH excluding ortho intramolecular Hbond substituents is 1. The lowest BCUT2D eigenvalue weighted by molar-refractivity contribution is 0.0788. The van der Waals surface area contributed by atoms with Gasteiger partial charge in [-0.2, -0.15) is 0 Å². The minimum atomic E-state index is -0.192. The highest BCUT2D eigenvalue weighted by Gasteiger charge is 2.25. The Morgan fingerprint density at radius 3 is 2.88 bits per heavy atom. The first kappa shape index (κ1) is 11.2. The number of likely N-dealkylation sites (tertiary alicyclic amines) is 1. The number of rotatable bonds is 1. The van der Waals surface area contributed by atoms with Crippen LogP contribution in [-0.4, -0.2) is 35.0 Å². The maximum atomic E-state index is 12.0. The summed E-state index contributed by atoms with van der Waals surface area (Å²) in [7, 11) is 0. The number of carbonyl (C=O) groups is 1. The number of carbonyl (C=O) groups excluding carboxylic acids is 1. The third-order valence-corrected chi connectivity index (χ3v) is 2.94. The molecule has 1 amide bonds. The van der Waals surface area contributed by atoms with Gasteiger partial charge in [0, 0.05) is 24.2 Å². The molecule has 1 aromatic rings. The summed E-state index contributed by atoms with van der Waals surface area (Å²) in [5.74, 6) is -0.278. The molecule has 0 aromatic heterocycles. The van der Waals surface area contributed by atoms with E-state index < -0.39 is 0 Å². The fraction of sp³-hybridized carbons (Fsp3) is 0.364. The minimum absolute atomic E-state index is 0.0402.